The van der Waals surface area contributed by atoms with Gasteiger partial charge in [0.25, 0.3) is 0 Å². The number of carbonyl (C=O) groups excluding carboxylic acids is 1. The smallest absolute Gasteiger partial charge is 0.153 e. The van der Waals surface area contributed by atoms with Crippen molar-refractivity contribution >= 4 is 6.29 Å². The first kappa shape index (κ1) is 10.6. The second-order valence-electron chi connectivity index (χ2n) is 3.04. The molecule has 0 aliphatic carbocycles. The second kappa shape index (κ2) is 5.27. The van der Waals surface area contributed by atoms with Gasteiger partial charge in [-0.2, -0.15) is 0 Å². The molecule has 1 aromatic rings. The van der Waals surface area contributed by atoms with Gasteiger partial charge in [-0.25, -0.2) is 0 Å². The molecule has 0 fully saturated rings. The first-order valence-electron chi connectivity index (χ1n) is 4.69. The van der Waals surface area contributed by atoms with Crippen LogP contribution in [0.15, 0.2) is 18.2 Å². The summed E-state index contributed by atoms with van der Waals surface area (Å²) < 4.78 is 5.38. The molecule has 0 heterocycles. The maximum absolute atomic E-state index is 10.6. The molecule has 1 aromatic carbocycles. The first-order chi connectivity index (χ1) is 6.77. The Morgan fingerprint density at radius 3 is 2.93 bits per heavy atom. The Morgan fingerprint density at radius 1 is 1.50 bits per heavy atom. The zero-order chi connectivity index (χ0) is 10.4. The lowest BCUT2D eigenvalue weighted by Crippen LogP contribution is -1.99. The predicted octanol–water partition coefficient (Wildman–Crippen LogP) is 2.38. The van der Waals surface area contributed by atoms with Gasteiger partial charge in [0.15, 0.2) is 6.29 Å². The Balaban J connectivity index is 2.70. The van der Waals surface area contributed by atoms with E-state index in [1.54, 1.807) is 6.07 Å². The maximum atomic E-state index is 10.6. The lowest BCUT2D eigenvalue weighted by atomic mass is 10.2. The standard InChI is InChI=1S/C11H14O3/c1-2-3-6-14-11-5-4-10(13)7-9(11)8-12/h4-5,7-8,13H,2-3,6H2,1H3. The molecule has 14 heavy (non-hydrogen) atoms. The molecule has 0 saturated carbocycles. The number of hydrogen-bond acceptors (Lipinski definition) is 3. The summed E-state index contributed by atoms with van der Waals surface area (Å²) in [6.45, 7) is 2.67. The van der Waals surface area contributed by atoms with Crippen molar-refractivity contribution in [3.63, 3.8) is 0 Å². The van der Waals surface area contributed by atoms with E-state index in [9.17, 15) is 4.79 Å². The molecule has 3 nitrogen and oxygen atoms in total. The fourth-order valence-corrected chi connectivity index (χ4v) is 1.09. The number of unbranched alkanes of at least 4 members (excludes halogenated alkanes) is 1. The van der Waals surface area contributed by atoms with Crippen molar-refractivity contribution in [2.45, 2.75) is 19.8 Å². The lowest BCUT2D eigenvalue weighted by Gasteiger charge is -2.07. The van der Waals surface area contributed by atoms with Crippen molar-refractivity contribution in [2.24, 2.45) is 0 Å². The number of aromatic hydroxyl groups is 1. The Bertz CT molecular complexity index is 307. The summed E-state index contributed by atoms with van der Waals surface area (Å²) in [7, 11) is 0. The van der Waals surface area contributed by atoms with Crippen LogP contribution in [-0.2, 0) is 0 Å². The molecule has 76 valence electrons. The van der Waals surface area contributed by atoms with Crippen LogP contribution in [0.1, 0.15) is 30.1 Å². The monoisotopic (exact) mass is 194 g/mol. The molecule has 0 unspecified atom stereocenters. The van der Waals surface area contributed by atoms with Crippen LogP contribution in [0.4, 0.5) is 0 Å². The van der Waals surface area contributed by atoms with Crippen LogP contribution in [0.3, 0.4) is 0 Å². The van der Waals surface area contributed by atoms with E-state index in [1.165, 1.54) is 12.1 Å². The highest BCUT2D eigenvalue weighted by Crippen LogP contribution is 2.21. The molecule has 0 aliphatic heterocycles. The summed E-state index contributed by atoms with van der Waals surface area (Å²) in [5, 5.41) is 9.13. The van der Waals surface area contributed by atoms with Crippen molar-refractivity contribution in [3.8, 4) is 11.5 Å². The van der Waals surface area contributed by atoms with E-state index in [1.807, 2.05) is 0 Å². The predicted molar refractivity (Wildman–Crippen MR) is 53.9 cm³/mol. The molecule has 0 aromatic heterocycles. The molecule has 0 amide bonds. The molecule has 1 N–H and O–H groups in total. The quantitative estimate of drug-likeness (QED) is 0.578. The van der Waals surface area contributed by atoms with Crippen molar-refractivity contribution in [3.05, 3.63) is 23.8 Å². The summed E-state index contributed by atoms with van der Waals surface area (Å²) >= 11 is 0. The Hall–Kier alpha value is -1.51. The first-order valence-corrected chi connectivity index (χ1v) is 4.69. The van der Waals surface area contributed by atoms with E-state index < -0.39 is 0 Å². The van der Waals surface area contributed by atoms with Gasteiger partial charge in [0.05, 0.1) is 12.2 Å². The van der Waals surface area contributed by atoms with Crippen molar-refractivity contribution in [2.75, 3.05) is 6.61 Å². The molecule has 0 aliphatic rings. The summed E-state index contributed by atoms with van der Waals surface area (Å²) in [6, 6.07) is 4.51. The van der Waals surface area contributed by atoms with Crippen LogP contribution in [0.25, 0.3) is 0 Å². The Kier molecular flexibility index (Phi) is 3.98. The van der Waals surface area contributed by atoms with Crippen LogP contribution in [0.5, 0.6) is 11.5 Å². The van der Waals surface area contributed by atoms with Gasteiger partial charge in [0.1, 0.15) is 11.5 Å². The highest BCUT2D eigenvalue weighted by atomic mass is 16.5. The van der Waals surface area contributed by atoms with E-state index in [4.69, 9.17) is 9.84 Å². The third-order valence-electron chi connectivity index (χ3n) is 1.88. The van der Waals surface area contributed by atoms with Crippen LogP contribution in [-0.4, -0.2) is 18.0 Å². The SMILES string of the molecule is CCCCOc1ccc(O)cc1C=O. The average Bonchev–Trinajstić information content (AvgIpc) is 2.20. The fourth-order valence-electron chi connectivity index (χ4n) is 1.09. The highest BCUT2D eigenvalue weighted by Gasteiger charge is 2.03. The third-order valence-corrected chi connectivity index (χ3v) is 1.88. The number of hydrogen-bond donors (Lipinski definition) is 1. The molecule has 0 radical (unpaired) electrons. The molecule has 0 atom stereocenters. The van der Waals surface area contributed by atoms with Gasteiger partial charge >= 0.3 is 0 Å². The molecular formula is C11H14O3. The molecule has 0 bridgehead atoms. The maximum Gasteiger partial charge on any atom is 0.153 e. The summed E-state index contributed by atoms with van der Waals surface area (Å²) in [5.74, 6) is 0.612. The average molecular weight is 194 g/mol. The van der Waals surface area contributed by atoms with Crippen molar-refractivity contribution < 1.29 is 14.6 Å². The third kappa shape index (κ3) is 2.76. The molecule has 0 spiro atoms. The largest absolute Gasteiger partial charge is 0.508 e. The van der Waals surface area contributed by atoms with Gasteiger partial charge in [-0.05, 0) is 24.6 Å². The van der Waals surface area contributed by atoms with E-state index in [0.717, 1.165) is 12.8 Å². The van der Waals surface area contributed by atoms with E-state index >= 15 is 0 Å². The number of phenolic OH excluding ortho intramolecular Hbond substituents is 1. The second-order valence-corrected chi connectivity index (χ2v) is 3.04. The Labute approximate surface area is 83.3 Å². The number of ether oxygens (including phenoxy) is 1. The fraction of sp³-hybridized carbons (Fsp3) is 0.364. The number of carbonyl (C=O) groups is 1. The Morgan fingerprint density at radius 2 is 2.29 bits per heavy atom. The normalized spacial score (nSPS) is 9.79. The van der Waals surface area contributed by atoms with Gasteiger partial charge in [-0.15, -0.1) is 0 Å². The number of rotatable bonds is 5. The van der Waals surface area contributed by atoms with Gasteiger partial charge in [-0.3, -0.25) is 4.79 Å². The van der Waals surface area contributed by atoms with Crippen LogP contribution < -0.4 is 4.74 Å². The van der Waals surface area contributed by atoms with E-state index in [-0.39, 0.29) is 5.75 Å². The van der Waals surface area contributed by atoms with E-state index in [0.29, 0.717) is 24.2 Å². The molecule has 1 rings (SSSR count). The minimum atomic E-state index is 0.0786. The van der Waals surface area contributed by atoms with Crippen LogP contribution in [0, 0.1) is 0 Å². The zero-order valence-corrected chi connectivity index (χ0v) is 8.19. The summed E-state index contributed by atoms with van der Waals surface area (Å²) in [6.07, 6.45) is 2.69. The van der Waals surface area contributed by atoms with Gasteiger partial charge in [0.2, 0.25) is 0 Å². The number of phenols is 1. The highest BCUT2D eigenvalue weighted by molar-refractivity contribution is 5.80. The van der Waals surface area contributed by atoms with Crippen molar-refractivity contribution in [1.82, 2.24) is 0 Å². The molecule has 3 heteroatoms. The summed E-state index contributed by atoms with van der Waals surface area (Å²) in [5.41, 5.74) is 0.390. The zero-order valence-electron chi connectivity index (χ0n) is 8.19. The number of benzene rings is 1. The minimum Gasteiger partial charge on any atom is -0.508 e. The van der Waals surface area contributed by atoms with Gasteiger partial charge < -0.3 is 9.84 Å². The van der Waals surface area contributed by atoms with Gasteiger partial charge in [-0.1, -0.05) is 13.3 Å². The van der Waals surface area contributed by atoms with Crippen LogP contribution >= 0.6 is 0 Å². The lowest BCUT2D eigenvalue weighted by molar-refractivity contribution is 0.111. The molecular weight excluding hydrogens is 180 g/mol. The van der Waals surface area contributed by atoms with Crippen LogP contribution in [0.2, 0.25) is 0 Å². The summed E-state index contributed by atoms with van der Waals surface area (Å²) in [4.78, 5) is 10.6. The molecule has 0 saturated heterocycles. The minimum absolute atomic E-state index is 0.0786. The van der Waals surface area contributed by atoms with Crippen molar-refractivity contribution in [1.29, 1.82) is 0 Å². The number of aldehydes is 1. The van der Waals surface area contributed by atoms with Gasteiger partial charge in [0, 0.05) is 0 Å². The topological polar surface area (TPSA) is 46.5 Å². The van der Waals surface area contributed by atoms with E-state index in [2.05, 4.69) is 6.92 Å².